The van der Waals surface area contributed by atoms with Gasteiger partial charge in [-0.05, 0) is 64.7 Å². The molecule has 0 saturated carbocycles. The van der Waals surface area contributed by atoms with E-state index in [1.165, 1.54) is 26.9 Å². The average Bonchev–Trinajstić information content (AvgIpc) is 3.87. The Morgan fingerprint density at radius 2 is 0.710 bits per heavy atom. The van der Waals surface area contributed by atoms with Crippen molar-refractivity contribution in [2.75, 3.05) is 0 Å². The van der Waals surface area contributed by atoms with Crippen LogP contribution in [0.5, 0.6) is 0 Å². The lowest BCUT2D eigenvalue weighted by Gasteiger charge is -2.12. The first kappa shape index (κ1) is 34.3. The number of nitrogens with zero attached hydrogens (tertiary/aromatic N) is 7. The molecule has 0 saturated heterocycles. The van der Waals surface area contributed by atoms with Gasteiger partial charge in [0.2, 0.25) is 5.95 Å². The first-order valence-electron chi connectivity index (χ1n) is 20.8. The summed E-state index contributed by atoms with van der Waals surface area (Å²) in [5, 5.41) is 10.4. The zero-order valence-electron chi connectivity index (χ0n) is 33.2. The highest BCUT2D eigenvalue weighted by molar-refractivity contribution is 6.29. The van der Waals surface area contributed by atoms with Crippen LogP contribution < -0.4 is 0 Å². The molecule has 288 valence electrons. The van der Waals surface area contributed by atoms with Crippen molar-refractivity contribution < 1.29 is 0 Å². The lowest BCUT2D eigenvalue weighted by Crippen LogP contribution is -2.01. The van der Waals surface area contributed by atoms with Crippen LogP contribution in [0.2, 0.25) is 0 Å². The normalized spacial score (nSPS) is 11.9. The second kappa shape index (κ2) is 13.5. The molecule has 13 aromatic rings. The molecule has 0 fully saturated rings. The molecule has 0 unspecified atom stereocenters. The summed E-state index contributed by atoms with van der Waals surface area (Å²) in [6, 6.07) is 67.6. The molecule has 0 bridgehead atoms. The summed E-state index contributed by atoms with van der Waals surface area (Å²) in [5.41, 5.74) is 9.13. The topological polar surface area (TPSA) is 74.3 Å². The summed E-state index contributed by atoms with van der Waals surface area (Å²) in [6.07, 6.45) is 2.00. The Kier molecular flexibility index (Phi) is 7.47. The van der Waals surface area contributed by atoms with Crippen LogP contribution >= 0.6 is 0 Å². The van der Waals surface area contributed by atoms with Crippen LogP contribution in [-0.4, -0.2) is 34.1 Å². The van der Waals surface area contributed by atoms with Crippen LogP contribution in [0.4, 0.5) is 0 Å². The van der Waals surface area contributed by atoms with E-state index in [-0.39, 0.29) is 0 Å². The molecule has 0 amide bonds. The Bertz CT molecular complexity index is 3820. The van der Waals surface area contributed by atoms with Crippen LogP contribution in [-0.2, 0) is 0 Å². The first-order chi connectivity index (χ1) is 30.8. The number of aromatic nitrogens is 7. The molecule has 7 heteroatoms. The lowest BCUT2D eigenvalue weighted by molar-refractivity contribution is 1.01. The Morgan fingerprint density at radius 3 is 1.27 bits per heavy atom. The number of rotatable bonds is 5. The average molecular weight is 792 g/mol. The van der Waals surface area contributed by atoms with Crippen molar-refractivity contribution in [3.05, 3.63) is 200 Å². The van der Waals surface area contributed by atoms with E-state index in [0.717, 1.165) is 71.5 Å². The number of benzene rings is 9. The Morgan fingerprint density at radius 1 is 0.290 bits per heavy atom. The number of fused-ring (bicyclic) bond motifs is 13. The molecule has 0 spiro atoms. The highest BCUT2D eigenvalue weighted by Crippen LogP contribution is 2.43. The molecule has 0 aliphatic heterocycles. The molecule has 0 atom stereocenters. The molecule has 0 aliphatic carbocycles. The van der Waals surface area contributed by atoms with Gasteiger partial charge in [0, 0.05) is 60.9 Å². The maximum atomic E-state index is 5.40. The SMILES string of the molecule is c1ccc(-c2nc(-c3ccccc3)nc(-c3ccc(-n4c5ccccc5c5c6c7ccccc7n(-c7ncc8c9ccccc9c9ccccc9c8n7)c6ccc54)cc3)n2)cc1. The van der Waals surface area contributed by atoms with Crippen molar-refractivity contribution in [3.63, 3.8) is 0 Å². The molecule has 7 nitrogen and oxygen atoms in total. The molecule has 9 aromatic carbocycles. The van der Waals surface area contributed by atoms with Gasteiger partial charge < -0.3 is 4.57 Å². The molecule has 62 heavy (non-hydrogen) atoms. The molecule has 0 aliphatic rings. The van der Waals surface area contributed by atoms with Crippen LogP contribution in [0.1, 0.15) is 0 Å². The molecule has 4 heterocycles. The highest BCUT2D eigenvalue weighted by Gasteiger charge is 2.22. The van der Waals surface area contributed by atoms with E-state index in [4.69, 9.17) is 24.9 Å². The number of para-hydroxylation sites is 2. The van der Waals surface area contributed by atoms with Gasteiger partial charge in [0.25, 0.3) is 0 Å². The van der Waals surface area contributed by atoms with Crippen LogP contribution in [0, 0.1) is 0 Å². The molecular formula is C55H33N7. The third-order valence-electron chi connectivity index (χ3n) is 12.2. The van der Waals surface area contributed by atoms with E-state index in [9.17, 15) is 0 Å². The predicted octanol–water partition coefficient (Wildman–Crippen LogP) is 13.3. The fourth-order valence-corrected chi connectivity index (χ4v) is 9.47. The number of hydrogen-bond donors (Lipinski definition) is 0. The Labute approximate surface area is 354 Å². The van der Waals surface area contributed by atoms with Crippen LogP contribution in [0.25, 0.3) is 122 Å². The second-order valence-corrected chi connectivity index (χ2v) is 15.7. The summed E-state index contributed by atoms with van der Waals surface area (Å²) in [7, 11) is 0. The minimum absolute atomic E-state index is 0.623. The standard InChI is InChI=1S/C55H33N7/c1-3-15-34(16-4-1)52-58-53(35-17-5-2-6-18-35)60-54(59-52)36-27-29-37(30-28-36)61-45-25-13-11-23-42(45)49-47(61)31-32-48-50(49)43-24-12-14-26-46(43)62(48)55-56-33-44-40-21-8-7-19-38(40)39-20-9-10-22-41(39)51(44)57-55/h1-33H. The van der Waals surface area contributed by atoms with Crippen LogP contribution in [0.3, 0.4) is 0 Å². The van der Waals surface area contributed by atoms with E-state index in [1.54, 1.807) is 0 Å². The molecule has 0 N–H and O–H groups in total. The molecular weight excluding hydrogens is 759 g/mol. The van der Waals surface area contributed by atoms with Crippen molar-refractivity contribution >= 4 is 76.1 Å². The first-order valence-corrected chi connectivity index (χ1v) is 20.8. The maximum Gasteiger partial charge on any atom is 0.235 e. The molecule has 4 aromatic heterocycles. The predicted molar refractivity (Wildman–Crippen MR) is 253 cm³/mol. The van der Waals surface area contributed by atoms with Crippen molar-refractivity contribution in [2.45, 2.75) is 0 Å². The van der Waals surface area contributed by atoms with E-state index >= 15 is 0 Å². The minimum Gasteiger partial charge on any atom is -0.309 e. The van der Waals surface area contributed by atoms with Gasteiger partial charge in [0.1, 0.15) is 0 Å². The van der Waals surface area contributed by atoms with Crippen molar-refractivity contribution in [1.82, 2.24) is 34.1 Å². The Hall–Kier alpha value is -8.55. The molecule has 0 radical (unpaired) electrons. The van der Waals surface area contributed by atoms with Crippen molar-refractivity contribution in [2.24, 2.45) is 0 Å². The van der Waals surface area contributed by atoms with Gasteiger partial charge in [-0.1, -0.05) is 146 Å². The van der Waals surface area contributed by atoms with Crippen LogP contribution in [0.15, 0.2) is 200 Å². The summed E-state index contributed by atoms with van der Waals surface area (Å²) in [4.78, 5) is 25.4. The fourth-order valence-electron chi connectivity index (χ4n) is 9.47. The fraction of sp³-hybridized carbons (Fsp3) is 0. The number of hydrogen-bond acceptors (Lipinski definition) is 5. The van der Waals surface area contributed by atoms with E-state index < -0.39 is 0 Å². The second-order valence-electron chi connectivity index (χ2n) is 15.7. The van der Waals surface area contributed by atoms with E-state index in [0.29, 0.717) is 23.4 Å². The van der Waals surface area contributed by atoms with Gasteiger partial charge in [-0.2, -0.15) is 0 Å². The van der Waals surface area contributed by atoms with E-state index in [2.05, 4.69) is 143 Å². The van der Waals surface area contributed by atoms with Crippen molar-refractivity contribution in [1.29, 1.82) is 0 Å². The zero-order chi connectivity index (χ0) is 40.7. The monoisotopic (exact) mass is 791 g/mol. The summed E-state index contributed by atoms with van der Waals surface area (Å²) < 4.78 is 4.60. The quantitative estimate of drug-likeness (QED) is 0.162. The zero-order valence-corrected chi connectivity index (χ0v) is 33.2. The van der Waals surface area contributed by atoms with Gasteiger partial charge in [-0.3, -0.25) is 4.57 Å². The summed E-state index contributed by atoms with van der Waals surface area (Å²) in [5.74, 6) is 2.55. The maximum absolute atomic E-state index is 5.40. The summed E-state index contributed by atoms with van der Waals surface area (Å²) in [6.45, 7) is 0. The minimum atomic E-state index is 0.623. The van der Waals surface area contributed by atoms with Gasteiger partial charge >= 0.3 is 0 Å². The van der Waals surface area contributed by atoms with Gasteiger partial charge in [-0.25, -0.2) is 24.9 Å². The largest absolute Gasteiger partial charge is 0.309 e. The van der Waals surface area contributed by atoms with Gasteiger partial charge in [0.05, 0.1) is 27.6 Å². The van der Waals surface area contributed by atoms with Gasteiger partial charge in [-0.15, -0.1) is 0 Å². The third kappa shape index (κ3) is 5.15. The van der Waals surface area contributed by atoms with Crippen molar-refractivity contribution in [3.8, 4) is 45.8 Å². The van der Waals surface area contributed by atoms with E-state index in [1.807, 2.05) is 66.9 Å². The molecule has 13 rings (SSSR count). The Balaban J connectivity index is 0.999. The smallest absolute Gasteiger partial charge is 0.235 e. The van der Waals surface area contributed by atoms with Gasteiger partial charge in [0.15, 0.2) is 17.5 Å². The third-order valence-corrected chi connectivity index (χ3v) is 12.2. The lowest BCUT2D eigenvalue weighted by atomic mass is 9.98. The highest BCUT2D eigenvalue weighted by atomic mass is 15.2. The summed E-state index contributed by atoms with van der Waals surface area (Å²) >= 11 is 0.